The molecule has 17 heavy (non-hydrogen) atoms. The van der Waals surface area contributed by atoms with E-state index in [1.807, 2.05) is 0 Å². The lowest BCUT2D eigenvalue weighted by atomic mass is 9.63. The molecule has 1 rings (SSSR count). The molecule has 0 aromatic heterocycles. The second-order valence-corrected chi connectivity index (χ2v) is 5.27. The summed E-state index contributed by atoms with van der Waals surface area (Å²) in [5, 5.41) is 11.5. The van der Waals surface area contributed by atoms with E-state index in [2.05, 4.69) is 5.32 Å². The van der Waals surface area contributed by atoms with Gasteiger partial charge >= 0.3 is 12.1 Å². The first-order valence-electron chi connectivity index (χ1n) is 5.66. The summed E-state index contributed by atoms with van der Waals surface area (Å²) in [4.78, 5) is 11.4. The van der Waals surface area contributed by atoms with Crippen LogP contribution in [-0.4, -0.2) is 29.3 Å². The summed E-state index contributed by atoms with van der Waals surface area (Å²) in [5.74, 6) is -1.19. The summed E-state index contributed by atoms with van der Waals surface area (Å²) in [6.07, 6.45) is -2.04. The first-order chi connectivity index (χ1) is 7.61. The third-order valence-corrected chi connectivity index (χ3v) is 3.71. The molecule has 6 heteroatoms. The number of carboxylic acid groups (broad SMARTS) is 1. The molecule has 100 valence electrons. The van der Waals surface area contributed by atoms with Crippen molar-refractivity contribution < 1.29 is 23.1 Å². The largest absolute Gasteiger partial charge is 0.480 e. The van der Waals surface area contributed by atoms with Crippen LogP contribution in [0.25, 0.3) is 0 Å². The monoisotopic (exact) mass is 253 g/mol. The van der Waals surface area contributed by atoms with Crippen LogP contribution in [0.1, 0.15) is 39.5 Å². The fourth-order valence-electron chi connectivity index (χ4n) is 2.56. The lowest BCUT2D eigenvalue weighted by Crippen LogP contribution is -2.64. The van der Waals surface area contributed by atoms with Gasteiger partial charge in [-0.3, -0.25) is 10.1 Å². The average Bonchev–Trinajstić information content (AvgIpc) is 2.13. The Morgan fingerprint density at radius 1 is 1.29 bits per heavy atom. The van der Waals surface area contributed by atoms with Crippen molar-refractivity contribution in [3.63, 3.8) is 0 Å². The number of alkyl halides is 3. The van der Waals surface area contributed by atoms with Gasteiger partial charge in [-0.2, -0.15) is 13.2 Å². The molecular weight excluding hydrogens is 235 g/mol. The number of nitrogens with one attached hydrogen (secondary N) is 1. The first-order valence-corrected chi connectivity index (χ1v) is 5.66. The van der Waals surface area contributed by atoms with Crippen LogP contribution in [-0.2, 0) is 4.79 Å². The van der Waals surface area contributed by atoms with E-state index in [0.717, 1.165) is 6.42 Å². The van der Waals surface area contributed by atoms with Crippen LogP contribution in [0.4, 0.5) is 13.2 Å². The number of hydrogen-bond acceptors (Lipinski definition) is 2. The minimum absolute atomic E-state index is 0.241. The van der Waals surface area contributed by atoms with Gasteiger partial charge in [0.1, 0.15) is 5.54 Å². The highest BCUT2D eigenvalue weighted by atomic mass is 19.4. The summed E-state index contributed by atoms with van der Waals surface area (Å²) >= 11 is 0. The van der Waals surface area contributed by atoms with E-state index in [-0.39, 0.29) is 6.42 Å². The zero-order valence-electron chi connectivity index (χ0n) is 10.0. The van der Waals surface area contributed by atoms with Crippen molar-refractivity contribution in [2.45, 2.75) is 51.2 Å². The van der Waals surface area contributed by atoms with Crippen LogP contribution in [0, 0.1) is 5.41 Å². The SMILES string of the molecule is CC1(C)CCCCC1(NCC(F)(F)F)C(=O)O. The maximum Gasteiger partial charge on any atom is 0.401 e. The van der Waals surface area contributed by atoms with Crippen LogP contribution in [0.3, 0.4) is 0 Å². The number of rotatable bonds is 3. The number of carbonyl (C=O) groups is 1. The van der Waals surface area contributed by atoms with Gasteiger partial charge in [0.2, 0.25) is 0 Å². The van der Waals surface area contributed by atoms with Crippen molar-refractivity contribution in [2.75, 3.05) is 6.54 Å². The van der Waals surface area contributed by atoms with Gasteiger partial charge in [0.25, 0.3) is 0 Å². The maximum atomic E-state index is 12.2. The number of carboxylic acids is 1. The minimum Gasteiger partial charge on any atom is -0.480 e. The zero-order chi connectivity index (χ0) is 13.3. The Morgan fingerprint density at radius 3 is 2.24 bits per heavy atom. The Hall–Kier alpha value is -0.780. The Labute approximate surface area is 98.4 Å². The molecule has 2 N–H and O–H groups in total. The maximum absolute atomic E-state index is 12.2. The van der Waals surface area contributed by atoms with Gasteiger partial charge in [-0.25, -0.2) is 0 Å². The lowest BCUT2D eigenvalue weighted by Gasteiger charge is -2.47. The van der Waals surface area contributed by atoms with E-state index < -0.39 is 29.6 Å². The molecule has 1 aliphatic carbocycles. The van der Waals surface area contributed by atoms with E-state index in [1.165, 1.54) is 0 Å². The van der Waals surface area contributed by atoms with Gasteiger partial charge in [0, 0.05) is 0 Å². The third kappa shape index (κ3) is 2.91. The molecule has 1 fully saturated rings. The molecular formula is C11H18F3NO2. The third-order valence-electron chi connectivity index (χ3n) is 3.71. The molecule has 1 unspecified atom stereocenters. The van der Waals surface area contributed by atoms with E-state index in [1.54, 1.807) is 13.8 Å². The average molecular weight is 253 g/mol. The van der Waals surface area contributed by atoms with Gasteiger partial charge in [-0.05, 0) is 18.3 Å². The predicted octanol–water partition coefficient (Wildman–Crippen LogP) is 2.56. The fourth-order valence-corrected chi connectivity index (χ4v) is 2.56. The molecule has 0 aliphatic heterocycles. The molecule has 0 spiro atoms. The number of hydrogen-bond donors (Lipinski definition) is 2. The van der Waals surface area contributed by atoms with Crippen LogP contribution in [0.5, 0.6) is 0 Å². The second kappa shape index (κ2) is 4.48. The van der Waals surface area contributed by atoms with Crippen molar-refractivity contribution in [1.29, 1.82) is 0 Å². The molecule has 1 atom stereocenters. The summed E-state index contributed by atoms with van der Waals surface area (Å²) in [6.45, 7) is 2.16. The first kappa shape index (κ1) is 14.3. The molecule has 0 aromatic carbocycles. The van der Waals surface area contributed by atoms with Gasteiger partial charge in [-0.15, -0.1) is 0 Å². The highest BCUT2D eigenvalue weighted by molar-refractivity contribution is 5.80. The van der Waals surface area contributed by atoms with Gasteiger partial charge < -0.3 is 5.11 Å². The van der Waals surface area contributed by atoms with Crippen LogP contribution in [0.2, 0.25) is 0 Å². The molecule has 0 radical (unpaired) electrons. The van der Waals surface area contributed by atoms with Crippen molar-refractivity contribution in [2.24, 2.45) is 5.41 Å². The Kier molecular flexibility index (Phi) is 3.76. The van der Waals surface area contributed by atoms with Crippen LogP contribution in [0.15, 0.2) is 0 Å². The minimum atomic E-state index is -4.39. The molecule has 3 nitrogen and oxygen atoms in total. The predicted molar refractivity (Wildman–Crippen MR) is 56.7 cm³/mol. The van der Waals surface area contributed by atoms with Crippen molar-refractivity contribution in [1.82, 2.24) is 5.32 Å². The Bertz CT molecular complexity index is 302. The van der Waals surface area contributed by atoms with E-state index >= 15 is 0 Å². The normalized spacial score (nSPS) is 29.0. The fraction of sp³-hybridized carbons (Fsp3) is 0.909. The molecule has 0 saturated heterocycles. The summed E-state index contributed by atoms with van der Waals surface area (Å²) in [7, 11) is 0. The topological polar surface area (TPSA) is 49.3 Å². The molecule has 0 aromatic rings. The smallest absolute Gasteiger partial charge is 0.401 e. The molecule has 0 amide bonds. The summed E-state index contributed by atoms with van der Waals surface area (Å²) in [5.41, 5.74) is -2.15. The molecule has 1 aliphatic rings. The van der Waals surface area contributed by atoms with Gasteiger partial charge in [0.15, 0.2) is 0 Å². The molecule has 0 bridgehead atoms. The van der Waals surface area contributed by atoms with Crippen LogP contribution >= 0.6 is 0 Å². The van der Waals surface area contributed by atoms with Crippen molar-refractivity contribution >= 4 is 5.97 Å². The van der Waals surface area contributed by atoms with Crippen LogP contribution < -0.4 is 5.32 Å². The Balaban J connectivity index is 2.92. The van der Waals surface area contributed by atoms with Crippen molar-refractivity contribution in [3.05, 3.63) is 0 Å². The second-order valence-electron chi connectivity index (χ2n) is 5.27. The van der Waals surface area contributed by atoms with E-state index in [9.17, 15) is 23.1 Å². The van der Waals surface area contributed by atoms with Crippen molar-refractivity contribution in [3.8, 4) is 0 Å². The van der Waals surface area contributed by atoms with E-state index in [0.29, 0.717) is 12.8 Å². The highest BCUT2D eigenvalue weighted by Gasteiger charge is 2.53. The summed E-state index contributed by atoms with van der Waals surface area (Å²) < 4.78 is 36.7. The quantitative estimate of drug-likeness (QED) is 0.812. The molecule has 0 heterocycles. The lowest BCUT2D eigenvalue weighted by molar-refractivity contribution is -0.160. The zero-order valence-corrected chi connectivity index (χ0v) is 10.0. The van der Waals surface area contributed by atoms with Gasteiger partial charge in [-0.1, -0.05) is 26.7 Å². The standard InChI is InChI=1S/C11H18F3NO2/c1-9(2)5-3-4-6-10(9,8(16)17)15-7-11(12,13)14/h15H,3-7H2,1-2H3,(H,16,17). The molecule has 1 saturated carbocycles. The summed E-state index contributed by atoms with van der Waals surface area (Å²) in [6, 6.07) is 0. The number of aliphatic carboxylic acids is 1. The highest BCUT2D eigenvalue weighted by Crippen LogP contribution is 2.44. The van der Waals surface area contributed by atoms with E-state index in [4.69, 9.17) is 0 Å². The Morgan fingerprint density at radius 2 is 1.82 bits per heavy atom. The number of halogens is 3. The van der Waals surface area contributed by atoms with Gasteiger partial charge in [0.05, 0.1) is 6.54 Å².